The zero-order chi connectivity index (χ0) is 20.1. The summed E-state index contributed by atoms with van der Waals surface area (Å²) in [6.07, 6.45) is 2.94. The zero-order valence-corrected chi connectivity index (χ0v) is 16.9. The van der Waals surface area contributed by atoms with E-state index in [4.69, 9.17) is 10.7 Å². The number of rotatable bonds is 5. The van der Waals surface area contributed by atoms with Crippen molar-refractivity contribution in [3.8, 4) is 0 Å². The summed E-state index contributed by atoms with van der Waals surface area (Å²) in [5.74, 6) is 0. The maximum absolute atomic E-state index is 13.0. The molecule has 0 aromatic carbocycles. The van der Waals surface area contributed by atoms with E-state index in [0.29, 0.717) is 22.6 Å². The van der Waals surface area contributed by atoms with Crippen molar-refractivity contribution in [3.05, 3.63) is 55.6 Å². The first kappa shape index (κ1) is 18.1. The average Bonchev–Trinajstić information content (AvgIpc) is 3.45. The zero-order valence-electron chi connectivity index (χ0n) is 15.2. The van der Waals surface area contributed by atoms with Crippen molar-refractivity contribution in [1.82, 2.24) is 34.5 Å². The number of H-pyrrole nitrogens is 1. The molecule has 12 heteroatoms. The number of nitrogens with zero attached hydrogens (tertiary/aromatic N) is 6. The summed E-state index contributed by atoms with van der Waals surface area (Å²) in [7, 11) is 1.84. The van der Waals surface area contributed by atoms with Crippen LogP contribution in [0.5, 0.6) is 0 Å². The minimum absolute atomic E-state index is 0.204. The molecule has 0 saturated carbocycles. The fourth-order valence-electron chi connectivity index (χ4n) is 3.25. The van der Waals surface area contributed by atoms with Crippen LogP contribution >= 0.6 is 22.7 Å². The first-order chi connectivity index (χ1) is 14.0. The van der Waals surface area contributed by atoms with E-state index in [-0.39, 0.29) is 12.1 Å². The van der Waals surface area contributed by atoms with E-state index in [2.05, 4.69) is 20.3 Å². The number of nitrogens with one attached hydrogen (secondary N) is 1. The van der Waals surface area contributed by atoms with Crippen LogP contribution in [0.2, 0.25) is 0 Å². The van der Waals surface area contributed by atoms with E-state index < -0.39 is 6.23 Å². The Morgan fingerprint density at radius 2 is 2.24 bits per heavy atom. The van der Waals surface area contributed by atoms with Gasteiger partial charge in [-0.2, -0.15) is 10.2 Å². The fourth-order valence-corrected chi connectivity index (χ4v) is 5.07. The van der Waals surface area contributed by atoms with Gasteiger partial charge in [-0.15, -0.1) is 22.7 Å². The molecule has 5 heterocycles. The number of hydrogen-bond acceptors (Lipinski definition) is 9. The van der Waals surface area contributed by atoms with E-state index in [1.807, 2.05) is 17.7 Å². The quantitative estimate of drug-likeness (QED) is 0.356. The second-order valence-corrected chi connectivity index (χ2v) is 8.54. The van der Waals surface area contributed by atoms with Gasteiger partial charge in [-0.3, -0.25) is 9.89 Å². The van der Waals surface area contributed by atoms with Crippen LogP contribution in [0.15, 0.2) is 28.6 Å². The molecular formula is C17H16N8O2S2. The first-order valence-electron chi connectivity index (χ1n) is 8.71. The third-order valence-corrected chi connectivity index (χ3v) is 6.65. The molecule has 0 radical (unpaired) electrons. The number of aliphatic hydroxyl groups excluding tert-OH is 1. The van der Waals surface area contributed by atoms with Crippen molar-refractivity contribution < 1.29 is 5.11 Å². The van der Waals surface area contributed by atoms with E-state index in [9.17, 15) is 9.90 Å². The lowest BCUT2D eigenvalue weighted by Crippen LogP contribution is -2.24. The van der Waals surface area contributed by atoms with Crippen molar-refractivity contribution >= 4 is 43.9 Å². The first-order valence-corrected chi connectivity index (χ1v) is 10.4. The highest BCUT2D eigenvalue weighted by Gasteiger charge is 2.19. The van der Waals surface area contributed by atoms with Crippen LogP contribution in [0.3, 0.4) is 0 Å². The summed E-state index contributed by atoms with van der Waals surface area (Å²) in [5, 5.41) is 24.5. The van der Waals surface area contributed by atoms with E-state index in [1.165, 1.54) is 16.0 Å². The molecule has 0 aliphatic heterocycles. The summed E-state index contributed by atoms with van der Waals surface area (Å²) in [6.45, 7) is 0.204. The predicted octanol–water partition coefficient (Wildman–Crippen LogP) is 1.11. The smallest absolute Gasteiger partial charge is 0.291 e. The van der Waals surface area contributed by atoms with Crippen molar-refractivity contribution in [3.63, 3.8) is 0 Å². The lowest BCUT2D eigenvalue weighted by Gasteiger charge is -2.04. The lowest BCUT2D eigenvalue weighted by atomic mass is 10.3. The second kappa shape index (κ2) is 6.84. The number of aliphatic hydroxyl groups is 1. The van der Waals surface area contributed by atoms with Crippen LogP contribution in [0.25, 0.3) is 21.3 Å². The Balaban J connectivity index is 1.54. The fraction of sp³-hybridized carbons (Fsp3) is 0.235. The number of nitrogens with two attached hydrogens (primary N) is 1. The molecule has 0 spiro atoms. The highest BCUT2D eigenvalue weighted by Crippen LogP contribution is 2.31. The molecule has 10 nitrogen and oxygen atoms in total. The molecule has 0 amide bonds. The number of thiazole rings is 2. The number of aromatic amines is 1. The molecule has 0 aliphatic carbocycles. The van der Waals surface area contributed by atoms with Gasteiger partial charge in [-0.1, -0.05) is 0 Å². The molecule has 5 rings (SSSR count). The third-order valence-electron chi connectivity index (χ3n) is 4.60. The highest BCUT2D eigenvalue weighted by molar-refractivity contribution is 7.19. The minimum atomic E-state index is -1.12. The van der Waals surface area contributed by atoms with Gasteiger partial charge in [0.2, 0.25) is 0 Å². The molecule has 1 atom stereocenters. The molecule has 1 unspecified atom stereocenters. The average molecular weight is 429 g/mol. The third kappa shape index (κ3) is 3.06. The van der Waals surface area contributed by atoms with Crippen LogP contribution < -0.4 is 11.3 Å². The van der Waals surface area contributed by atoms with Gasteiger partial charge < -0.3 is 15.4 Å². The summed E-state index contributed by atoms with van der Waals surface area (Å²) in [4.78, 5) is 22.0. The Morgan fingerprint density at radius 3 is 2.97 bits per heavy atom. The Morgan fingerprint density at radius 1 is 1.38 bits per heavy atom. The number of hydrogen-bond donors (Lipinski definition) is 3. The number of aromatic nitrogens is 7. The molecule has 5 aromatic heterocycles. The SMILES string of the molecule is Cn1c2nc(Cc3ccn[nH]3)sc2c2cnn(Cc3csc(C(N)O)n3)c(=O)c21. The van der Waals surface area contributed by atoms with E-state index in [0.717, 1.165) is 26.4 Å². The van der Waals surface area contributed by atoms with E-state index in [1.54, 1.807) is 29.1 Å². The molecular weight excluding hydrogens is 412 g/mol. The summed E-state index contributed by atoms with van der Waals surface area (Å²) >= 11 is 2.80. The summed E-state index contributed by atoms with van der Waals surface area (Å²) < 4.78 is 4.11. The Bertz CT molecular complexity index is 1380. The number of fused-ring (bicyclic) bond motifs is 3. The molecule has 29 heavy (non-hydrogen) atoms. The van der Waals surface area contributed by atoms with Crippen LogP contribution in [0.4, 0.5) is 0 Å². The molecule has 0 saturated heterocycles. The highest BCUT2D eigenvalue weighted by atomic mass is 32.1. The van der Waals surface area contributed by atoms with Gasteiger partial charge in [0.15, 0.2) is 11.9 Å². The maximum Gasteiger partial charge on any atom is 0.291 e. The van der Waals surface area contributed by atoms with Gasteiger partial charge >= 0.3 is 0 Å². The van der Waals surface area contributed by atoms with Crippen LogP contribution in [0.1, 0.15) is 27.6 Å². The van der Waals surface area contributed by atoms with E-state index >= 15 is 0 Å². The lowest BCUT2D eigenvalue weighted by molar-refractivity contribution is 0.185. The van der Waals surface area contributed by atoms with Crippen molar-refractivity contribution in [2.24, 2.45) is 12.8 Å². The van der Waals surface area contributed by atoms with Gasteiger partial charge in [0.25, 0.3) is 5.56 Å². The maximum atomic E-state index is 13.0. The van der Waals surface area contributed by atoms with Crippen molar-refractivity contribution in [1.29, 1.82) is 0 Å². The summed E-state index contributed by atoms with van der Waals surface area (Å²) in [5.41, 5.74) is 8.14. The Kier molecular flexibility index (Phi) is 4.28. The monoisotopic (exact) mass is 428 g/mol. The number of aryl methyl sites for hydroxylation is 1. The Hall–Kier alpha value is -2.93. The van der Waals surface area contributed by atoms with Gasteiger partial charge in [0.05, 0.1) is 23.1 Å². The normalized spacial score (nSPS) is 12.9. The Labute approximate surface area is 171 Å². The second-order valence-electron chi connectivity index (χ2n) is 6.57. The van der Waals surface area contributed by atoms with Crippen molar-refractivity contribution in [2.75, 3.05) is 0 Å². The molecule has 0 fully saturated rings. The van der Waals surface area contributed by atoms with Gasteiger partial charge in [-0.05, 0) is 6.07 Å². The van der Waals surface area contributed by atoms with Crippen molar-refractivity contribution in [2.45, 2.75) is 19.2 Å². The molecule has 148 valence electrons. The topological polar surface area (TPSA) is 141 Å². The summed E-state index contributed by atoms with van der Waals surface area (Å²) in [6, 6.07) is 1.91. The van der Waals surface area contributed by atoms with Crippen LogP contribution in [-0.4, -0.2) is 39.6 Å². The standard InChI is InChI=1S/C17H16N8O2S2/c1-24-12-10(13-15(24)22-11(29-13)4-8-2-3-19-23-8)5-20-25(17(12)27)6-9-7-28-16(21-9)14(18)26/h2-3,5,7,14,26H,4,6,18H2,1H3,(H,19,23). The largest absolute Gasteiger partial charge is 0.372 e. The van der Waals surface area contributed by atoms with Gasteiger partial charge in [-0.25, -0.2) is 14.6 Å². The molecule has 0 bridgehead atoms. The minimum Gasteiger partial charge on any atom is -0.372 e. The van der Waals surface area contributed by atoms with Crippen LogP contribution in [-0.2, 0) is 20.0 Å². The molecule has 0 aliphatic rings. The van der Waals surface area contributed by atoms with Gasteiger partial charge in [0, 0.05) is 36.1 Å². The van der Waals surface area contributed by atoms with Crippen LogP contribution in [0, 0.1) is 0 Å². The molecule has 4 N–H and O–H groups in total. The predicted molar refractivity (Wildman–Crippen MR) is 110 cm³/mol. The van der Waals surface area contributed by atoms with Gasteiger partial charge in [0.1, 0.15) is 15.5 Å². The molecule has 5 aromatic rings.